The number of halogens is 1. The summed E-state index contributed by atoms with van der Waals surface area (Å²) in [7, 11) is 1.32. The van der Waals surface area contributed by atoms with Gasteiger partial charge in [-0.2, -0.15) is 5.26 Å². The zero-order chi connectivity index (χ0) is 11.4. The third-order valence-corrected chi connectivity index (χ3v) is 2.53. The lowest BCUT2D eigenvalue weighted by Gasteiger charge is -2.09. The Hall–Kier alpha value is -1.53. The van der Waals surface area contributed by atoms with Crippen molar-refractivity contribution in [2.75, 3.05) is 7.11 Å². The van der Waals surface area contributed by atoms with E-state index in [1.54, 1.807) is 19.1 Å². The minimum absolute atomic E-state index is 0.208. The Labute approximate surface area is 93.2 Å². The minimum Gasteiger partial charge on any atom is -0.465 e. The molecule has 0 fully saturated rings. The molecule has 0 radical (unpaired) electrons. The van der Waals surface area contributed by atoms with Gasteiger partial charge >= 0.3 is 5.97 Å². The number of alkyl halides is 1. The Morgan fingerprint density at radius 1 is 1.60 bits per heavy atom. The van der Waals surface area contributed by atoms with Crippen molar-refractivity contribution in [2.24, 2.45) is 0 Å². The molecule has 0 bridgehead atoms. The molecule has 0 heterocycles. The van der Waals surface area contributed by atoms with Gasteiger partial charge in [-0.05, 0) is 30.2 Å². The van der Waals surface area contributed by atoms with Crippen molar-refractivity contribution in [1.82, 2.24) is 0 Å². The molecule has 78 valence electrons. The summed E-state index contributed by atoms with van der Waals surface area (Å²) in [6.45, 7) is 1.75. The van der Waals surface area contributed by atoms with Gasteiger partial charge < -0.3 is 4.74 Å². The van der Waals surface area contributed by atoms with E-state index in [-0.39, 0.29) is 5.88 Å². The first kappa shape index (κ1) is 11.5. The lowest BCUT2D eigenvalue weighted by atomic mass is 9.99. The predicted molar refractivity (Wildman–Crippen MR) is 56.8 cm³/mol. The van der Waals surface area contributed by atoms with E-state index in [2.05, 4.69) is 4.74 Å². The van der Waals surface area contributed by atoms with Crippen LogP contribution in [0.5, 0.6) is 0 Å². The Bertz CT molecular complexity index is 435. The standard InChI is InChI=1S/C11H10ClNO2/c1-7-9(11(14)15-2)4-3-8(6-13)10(7)5-12/h3-4H,5H2,1-2H3. The number of hydrogen-bond acceptors (Lipinski definition) is 3. The Morgan fingerprint density at radius 2 is 2.27 bits per heavy atom. The maximum absolute atomic E-state index is 11.4. The van der Waals surface area contributed by atoms with E-state index in [4.69, 9.17) is 16.9 Å². The zero-order valence-electron chi connectivity index (χ0n) is 8.50. The van der Waals surface area contributed by atoms with Gasteiger partial charge in [0.2, 0.25) is 0 Å². The summed E-state index contributed by atoms with van der Waals surface area (Å²) in [5, 5.41) is 8.84. The molecule has 1 aromatic rings. The van der Waals surface area contributed by atoms with Crippen molar-refractivity contribution in [3.05, 3.63) is 34.4 Å². The van der Waals surface area contributed by atoms with E-state index in [9.17, 15) is 4.79 Å². The molecule has 3 nitrogen and oxygen atoms in total. The van der Waals surface area contributed by atoms with Gasteiger partial charge in [0.15, 0.2) is 0 Å². The zero-order valence-corrected chi connectivity index (χ0v) is 9.26. The first-order valence-electron chi connectivity index (χ1n) is 4.32. The molecule has 0 aromatic heterocycles. The van der Waals surface area contributed by atoms with Crippen molar-refractivity contribution in [3.63, 3.8) is 0 Å². The third-order valence-electron chi connectivity index (χ3n) is 2.26. The van der Waals surface area contributed by atoms with Crippen LogP contribution in [0.1, 0.15) is 27.0 Å². The van der Waals surface area contributed by atoms with E-state index >= 15 is 0 Å². The van der Waals surface area contributed by atoms with Crippen molar-refractivity contribution >= 4 is 17.6 Å². The quantitative estimate of drug-likeness (QED) is 0.571. The van der Waals surface area contributed by atoms with Gasteiger partial charge in [0.25, 0.3) is 0 Å². The molecule has 0 saturated carbocycles. The minimum atomic E-state index is -0.414. The molecule has 1 aromatic carbocycles. The number of rotatable bonds is 2. The summed E-state index contributed by atoms with van der Waals surface area (Å²) in [5.74, 6) is -0.206. The Balaban J connectivity index is 3.37. The number of carbonyl (C=O) groups excluding carboxylic acids is 1. The number of ether oxygens (including phenoxy) is 1. The van der Waals surface area contributed by atoms with Gasteiger partial charge in [0, 0.05) is 5.88 Å². The molecule has 0 aliphatic heterocycles. The molecule has 4 heteroatoms. The maximum Gasteiger partial charge on any atom is 0.338 e. The number of carbonyl (C=O) groups is 1. The van der Waals surface area contributed by atoms with Crippen LogP contribution in [0.4, 0.5) is 0 Å². The fourth-order valence-corrected chi connectivity index (χ4v) is 1.71. The second-order valence-electron chi connectivity index (χ2n) is 3.00. The van der Waals surface area contributed by atoms with Gasteiger partial charge in [-0.3, -0.25) is 0 Å². The van der Waals surface area contributed by atoms with Crippen LogP contribution in [0.25, 0.3) is 0 Å². The van der Waals surface area contributed by atoms with Crippen molar-refractivity contribution in [1.29, 1.82) is 5.26 Å². The van der Waals surface area contributed by atoms with Crippen LogP contribution >= 0.6 is 11.6 Å². The maximum atomic E-state index is 11.4. The van der Waals surface area contributed by atoms with Crippen molar-refractivity contribution < 1.29 is 9.53 Å². The highest BCUT2D eigenvalue weighted by Gasteiger charge is 2.14. The van der Waals surface area contributed by atoms with Crippen LogP contribution in [0.3, 0.4) is 0 Å². The lowest BCUT2D eigenvalue weighted by molar-refractivity contribution is 0.0600. The van der Waals surface area contributed by atoms with Gasteiger partial charge in [-0.25, -0.2) is 4.79 Å². The molecular formula is C11H10ClNO2. The molecule has 0 amide bonds. The SMILES string of the molecule is COC(=O)c1ccc(C#N)c(CCl)c1C. The lowest BCUT2D eigenvalue weighted by Crippen LogP contribution is -2.06. The van der Waals surface area contributed by atoms with Crippen LogP contribution in [0.2, 0.25) is 0 Å². The number of esters is 1. The summed E-state index contributed by atoms with van der Waals surface area (Å²) in [5.41, 5.74) is 2.33. The Kier molecular flexibility index (Phi) is 3.70. The molecule has 15 heavy (non-hydrogen) atoms. The summed E-state index contributed by atoms with van der Waals surface area (Å²) < 4.78 is 4.63. The van der Waals surface area contributed by atoms with E-state index in [0.717, 1.165) is 0 Å². The average Bonchev–Trinajstić information content (AvgIpc) is 2.27. The molecule has 0 atom stereocenters. The van der Waals surface area contributed by atoms with E-state index in [0.29, 0.717) is 22.3 Å². The number of nitriles is 1. The highest BCUT2D eigenvalue weighted by molar-refractivity contribution is 6.17. The first-order chi connectivity index (χ1) is 7.15. The fraction of sp³-hybridized carbons (Fsp3) is 0.273. The van der Waals surface area contributed by atoms with E-state index in [1.165, 1.54) is 7.11 Å². The second kappa shape index (κ2) is 4.81. The summed E-state index contributed by atoms with van der Waals surface area (Å²) in [6, 6.07) is 5.19. The topological polar surface area (TPSA) is 50.1 Å². The van der Waals surface area contributed by atoms with E-state index < -0.39 is 5.97 Å². The monoisotopic (exact) mass is 223 g/mol. The fourth-order valence-electron chi connectivity index (χ4n) is 1.36. The molecule has 1 rings (SSSR count). The average molecular weight is 224 g/mol. The number of methoxy groups -OCH3 is 1. The smallest absolute Gasteiger partial charge is 0.338 e. The highest BCUT2D eigenvalue weighted by Crippen LogP contribution is 2.20. The van der Waals surface area contributed by atoms with E-state index in [1.807, 2.05) is 6.07 Å². The summed E-state index contributed by atoms with van der Waals surface area (Å²) >= 11 is 5.73. The normalized spacial score (nSPS) is 9.47. The van der Waals surface area contributed by atoms with Crippen molar-refractivity contribution in [3.8, 4) is 6.07 Å². The Morgan fingerprint density at radius 3 is 2.73 bits per heavy atom. The van der Waals surface area contributed by atoms with Gasteiger partial charge in [0.1, 0.15) is 0 Å². The third kappa shape index (κ3) is 2.11. The predicted octanol–water partition coefficient (Wildman–Crippen LogP) is 2.39. The van der Waals surface area contributed by atoms with Gasteiger partial charge in [-0.1, -0.05) is 0 Å². The van der Waals surface area contributed by atoms with Crippen LogP contribution in [-0.2, 0) is 10.6 Å². The van der Waals surface area contributed by atoms with Crippen LogP contribution in [0.15, 0.2) is 12.1 Å². The molecule has 0 aliphatic rings. The molecule has 0 N–H and O–H groups in total. The number of benzene rings is 1. The van der Waals surface area contributed by atoms with Gasteiger partial charge in [0.05, 0.1) is 24.3 Å². The van der Waals surface area contributed by atoms with Crippen molar-refractivity contribution in [2.45, 2.75) is 12.8 Å². The van der Waals surface area contributed by atoms with Crippen LogP contribution in [0, 0.1) is 18.3 Å². The van der Waals surface area contributed by atoms with Crippen LogP contribution < -0.4 is 0 Å². The molecule has 0 unspecified atom stereocenters. The highest BCUT2D eigenvalue weighted by atomic mass is 35.5. The number of hydrogen-bond donors (Lipinski definition) is 0. The first-order valence-corrected chi connectivity index (χ1v) is 4.86. The molecule has 0 spiro atoms. The van der Waals surface area contributed by atoms with Gasteiger partial charge in [-0.15, -0.1) is 11.6 Å². The summed E-state index contributed by atoms with van der Waals surface area (Å²) in [4.78, 5) is 11.4. The molecule has 0 saturated heterocycles. The van der Waals surface area contributed by atoms with Crippen LogP contribution in [-0.4, -0.2) is 13.1 Å². The number of nitrogens with zero attached hydrogens (tertiary/aromatic N) is 1. The summed E-state index contributed by atoms with van der Waals surface area (Å²) in [6.07, 6.45) is 0. The molecule has 0 aliphatic carbocycles. The molecular weight excluding hydrogens is 214 g/mol. The largest absolute Gasteiger partial charge is 0.465 e. The second-order valence-corrected chi connectivity index (χ2v) is 3.27.